The van der Waals surface area contributed by atoms with Crippen LogP contribution in [-0.4, -0.2) is 11.0 Å². The summed E-state index contributed by atoms with van der Waals surface area (Å²) in [5, 5.41) is 9.54. The van der Waals surface area contributed by atoms with E-state index in [2.05, 4.69) is 212 Å². The van der Waals surface area contributed by atoms with Crippen molar-refractivity contribution in [2.75, 3.05) is 0 Å². The molecule has 0 aromatic carbocycles. The zero-order chi connectivity index (χ0) is 43.8. The third-order valence-corrected chi connectivity index (χ3v) is 4.60. The maximum absolute atomic E-state index is 9.54. The Bertz CT molecular complexity index is 2140. The van der Waals surface area contributed by atoms with Crippen LogP contribution in [-0.2, 0) is 0 Å². The first-order valence-electron chi connectivity index (χ1n) is 17.5. The molecule has 61 heavy (non-hydrogen) atoms. The first kappa shape index (κ1) is 76.9. The van der Waals surface area contributed by atoms with Crippen molar-refractivity contribution in [1.82, 2.24) is 0 Å². The third kappa shape index (κ3) is 136. The summed E-state index contributed by atoms with van der Waals surface area (Å²) in [6.07, 6.45) is 39.7. The van der Waals surface area contributed by atoms with E-state index in [4.69, 9.17) is 25.7 Å². The van der Waals surface area contributed by atoms with Gasteiger partial charge in [-0.2, -0.15) is 0 Å². The predicted molar refractivity (Wildman–Crippen MR) is 342 cm³/mol. The van der Waals surface area contributed by atoms with Crippen LogP contribution >= 0.6 is 0 Å². The quantitative estimate of drug-likeness (QED) is 0.0707. The van der Waals surface area contributed by atoms with Gasteiger partial charge in [-0.15, -0.1) is 32.0 Å². The minimum atomic E-state index is 0. The lowest BCUT2D eigenvalue weighted by Gasteiger charge is -1.90. The molecule has 0 bridgehead atoms. The van der Waals surface area contributed by atoms with Gasteiger partial charge >= 0.3 is 0 Å². The van der Waals surface area contributed by atoms with Gasteiger partial charge in [-0.05, 0) is 192 Å². The van der Waals surface area contributed by atoms with Crippen molar-refractivity contribution in [3.63, 3.8) is 0 Å². The molecule has 0 radical (unpaired) electrons. The molecule has 0 aromatic rings. The molecule has 0 aromatic heterocycles. The highest BCUT2D eigenvalue weighted by Gasteiger charge is 1.84. The zero-order valence-electron chi connectivity index (χ0n) is 35.1. The first-order valence-corrected chi connectivity index (χ1v) is 17.5. The summed E-state index contributed by atoms with van der Waals surface area (Å²) in [5.41, 5.74) is 0. The van der Waals surface area contributed by atoms with Crippen molar-refractivity contribution < 1.29 is 67.4 Å². The standard InChI is InChI=1S/C18H2.C12H6.C7H16.C7H15.C6H8O.C6H2.2CH4.2H2O.36H2/c1-3-5-7-9-11-13-15-17-18-16-14-12-10-8-6-4-2;1-3-5-7-9-11-12-10-8-6-4-2;2*1-3-5-7-6-4-2;1-2-3-4-5-6-7;1-3-5-6-4-2;;;;;;;;;;;;;;;;;;;;;;;;;;;;;;;;;;;;;;;;/h1-2H;1-2H3;3-7H2,1-2H3;1,3-7H2,2H3;2-7H,1H2;1-2H;2*1H4;2*1H2;36*1H/q;;;+1;;;;;;;;;;;;;;;;;;;;;;;;;;;;;;;;;;;;;;;;;;/p-1. The highest BCUT2D eigenvalue weighted by atomic mass is 16.2. The van der Waals surface area contributed by atoms with E-state index in [-0.39, 0.29) is 77.2 Å². The van der Waals surface area contributed by atoms with E-state index in [1.54, 1.807) is 32.1 Å². The summed E-state index contributed by atoms with van der Waals surface area (Å²) in [4.78, 5) is 0. The van der Waals surface area contributed by atoms with Gasteiger partial charge in [0.05, 0.1) is 13.3 Å². The lowest BCUT2D eigenvalue weighted by atomic mass is 10.2. The monoisotopic (exact) mass is 877 g/mol. The summed E-state index contributed by atoms with van der Waals surface area (Å²) >= 11 is 0. The lowest BCUT2D eigenvalue weighted by molar-refractivity contribution is -0.274. The maximum Gasteiger partial charge on any atom is 0.0850 e. The Labute approximate surface area is 429 Å². The van der Waals surface area contributed by atoms with Gasteiger partial charge in [0.15, 0.2) is 0 Å². The van der Waals surface area contributed by atoms with Crippen LogP contribution in [0.4, 0.5) is 0 Å². The molecule has 0 rings (SSSR count). The molecule has 0 atom stereocenters. The Morgan fingerprint density at radius 1 is 0.426 bits per heavy atom. The van der Waals surface area contributed by atoms with Crippen molar-refractivity contribution in [2.45, 2.75) is 114 Å². The smallest absolute Gasteiger partial charge is 0.0850 e. The van der Waals surface area contributed by atoms with Crippen LogP contribution in [0.3, 0.4) is 0 Å². The minimum absolute atomic E-state index is 0. The molecule has 0 heterocycles. The molecule has 4 N–H and O–H groups in total. The molecular formula is C58H132O3. The van der Waals surface area contributed by atoms with Crippen LogP contribution in [0.2, 0.25) is 0 Å². The Kier molecular flexibility index (Phi) is 124. The number of allylic oxidation sites excluding steroid dienone is 4. The molecule has 0 aliphatic heterocycles. The molecule has 0 aliphatic rings. The van der Waals surface area contributed by atoms with Gasteiger partial charge in [0.1, 0.15) is 0 Å². The van der Waals surface area contributed by atoms with Crippen molar-refractivity contribution in [3.8, 4) is 203 Å². The molecule has 3 nitrogen and oxygen atoms in total. The van der Waals surface area contributed by atoms with Crippen LogP contribution < -0.4 is 5.11 Å². The largest absolute Gasteiger partial charge is 0.878 e. The number of terminal acetylenes is 4. The van der Waals surface area contributed by atoms with Crippen LogP contribution in [0.15, 0.2) is 37.1 Å². The van der Waals surface area contributed by atoms with Crippen molar-refractivity contribution in [2.24, 2.45) is 0 Å². The molecule has 0 amide bonds. The maximum atomic E-state index is 9.54. The van der Waals surface area contributed by atoms with Gasteiger partial charge in [-0.1, -0.05) is 123 Å². The number of hydrogen-bond acceptors (Lipinski definition) is 1. The van der Waals surface area contributed by atoms with Crippen LogP contribution in [0.5, 0.6) is 0 Å². The SMILES string of the molecule is C.C.C#CC#CC#C.C#CC#CC#CC#CC#CC#CC#CC#CC#C.C=CC=CC=C[O-].CC#CC#CC#CC#CC#CC.CCCCCCC.O.O.[CH2+]CCCCCC.[HH].[HH].[HH].[HH].[HH].[HH].[HH].[HH].[HH].[HH].[HH].[HH].[HH].[HH].[HH].[HH].[HH].[HH].[HH].[HH].[HH].[HH].[HH].[HH].[HH].[HH].[HH].[HH].[HH].[HH].[HH].[HH].[HH].[HH].[HH].[HH]. The number of unbranched alkanes of at least 4 members (excludes halogenated alkanes) is 8. The van der Waals surface area contributed by atoms with Gasteiger partial charge < -0.3 is 16.1 Å². The minimum Gasteiger partial charge on any atom is -0.878 e. The van der Waals surface area contributed by atoms with E-state index >= 15 is 0 Å². The normalized spacial score (nSPS) is 5.52. The third-order valence-electron chi connectivity index (χ3n) is 4.60. The second-order valence-corrected chi connectivity index (χ2v) is 9.00. The number of rotatable bonds is 10. The van der Waals surface area contributed by atoms with E-state index < -0.39 is 0 Å². The molecule has 0 aliphatic carbocycles. The fourth-order valence-corrected chi connectivity index (χ4v) is 2.30. The highest BCUT2D eigenvalue weighted by Crippen LogP contribution is 2.00. The molecule has 0 unspecified atom stereocenters. The summed E-state index contributed by atoms with van der Waals surface area (Å²) in [6.45, 7) is 17.3. The van der Waals surface area contributed by atoms with E-state index in [9.17, 15) is 5.11 Å². The van der Waals surface area contributed by atoms with Gasteiger partial charge in [0, 0.05) is 51.4 Å². The van der Waals surface area contributed by atoms with Crippen molar-refractivity contribution in [1.29, 1.82) is 0 Å². The molecule has 0 saturated carbocycles. The van der Waals surface area contributed by atoms with Crippen LogP contribution in [0.1, 0.15) is 165 Å². The zero-order valence-corrected chi connectivity index (χ0v) is 35.1. The van der Waals surface area contributed by atoms with Gasteiger partial charge in [0.25, 0.3) is 0 Å². The average molecular weight is 878 g/mol. The molecule has 382 valence electrons. The second kappa shape index (κ2) is 98.5. The van der Waals surface area contributed by atoms with E-state index in [0.29, 0.717) is 0 Å². The van der Waals surface area contributed by atoms with E-state index in [1.165, 1.54) is 63.9 Å². The van der Waals surface area contributed by atoms with Crippen molar-refractivity contribution in [3.05, 3.63) is 44.1 Å². The summed E-state index contributed by atoms with van der Waals surface area (Å²) in [6, 6.07) is 0. The van der Waals surface area contributed by atoms with Crippen molar-refractivity contribution >= 4 is 0 Å². The number of hydrogen-bond donors (Lipinski definition) is 0. The molecule has 0 fully saturated rings. The van der Waals surface area contributed by atoms with Crippen LogP contribution in [0, 0.1) is 210 Å². The highest BCUT2D eigenvalue weighted by molar-refractivity contribution is 5.46. The summed E-state index contributed by atoms with van der Waals surface area (Å²) in [5.74, 6) is 72.4. The Balaban J connectivity index is -0.00000000695. The fraction of sp³-hybridized carbons (Fsp3) is 0.293. The Hall–Kier alpha value is -8.67. The Morgan fingerprint density at radius 3 is 0.885 bits per heavy atom. The average Bonchev–Trinajstić information content (AvgIpc) is 3.23. The predicted octanol–water partition coefficient (Wildman–Crippen LogP) is 16.4. The van der Waals surface area contributed by atoms with Crippen LogP contribution in [0.25, 0.3) is 0 Å². The molecule has 3 heteroatoms. The Morgan fingerprint density at radius 2 is 0.672 bits per heavy atom. The van der Waals surface area contributed by atoms with Gasteiger partial charge in [0.2, 0.25) is 0 Å². The van der Waals surface area contributed by atoms with Gasteiger partial charge in [-0.25, -0.2) is 0 Å². The summed E-state index contributed by atoms with van der Waals surface area (Å²) in [7, 11) is 0. The summed E-state index contributed by atoms with van der Waals surface area (Å²) < 4.78 is 0. The van der Waals surface area contributed by atoms with E-state index in [0.717, 1.165) is 12.7 Å². The lowest BCUT2D eigenvalue weighted by Crippen LogP contribution is -1.81. The first-order chi connectivity index (χ1) is 28.0. The van der Waals surface area contributed by atoms with E-state index in [1.807, 2.05) is 0 Å². The second-order valence-electron chi connectivity index (χ2n) is 9.00. The molecule has 0 spiro atoms. The molecular weight excluding hydrogens is 745 g/mol. The molecule has 0 saturated heterocycles. The van der Waals surface area contributed by atoms with Gasteiger partial charge in [-0.3, -0.25) is 0 Å². The fourth-order valence-electron chi connectivity index (χ4n) is 2.30. The topological polar surface area (TPSA) is 86.1 Å².